The standard InChI is InChI=1S/C33H44N8O4/c1-23(41-22-29(35-36-41)25-16-28(19-34-18-25)39-14-7-11-30(39)42)38-15-12-26(17-31(38)43)37-13-6-10-27(21-37)40(20-24-8-5-9-24)32(44)45-33(2,3)4/h12,15-19,22-24,27H,5-11,13-14,20-21H2,1-4H3/t23?,27-/m1/s1. The third-order valence-corrected chi connectivity index (χ3v) is 9.14. The summed E-state index contributed by atoms with van der Waals surface area (Å²) in [6, 6.07) is 5.56. The summed E-state index contributed by atoms with van der Waals surface area (Å²) < 4.78 is 9.10. The molecule has 6 rings (SSSR count). The Hall–Kier alpha value is -4.22. The molecular weight excluding hydrogens is 572 g/mol. The molecule has 1 aliphatic carbocycles. The number of pyridine rings is 2. The van der Waals surface area contributed by atoms with Crippen molar-refractivity contribution in [1.29, 1.82) is 0 Å². The van der Waals surface area contributed by atoms with Gasteiger partial charge in [-0.25, -0.2) is 9.48 Å². The summed E-state index contributed by atoms with van der Waals surface area (Å²) in [4.78, 5) is 49.1. The number of rotatable bonds is 8. The van der Waals surface area contributed by atoms with Gasteiger partial charge in [0.25, 0.3) is 5.56 Å². The minimum Gasteiger partial charge on any atom is -0.444 e. The van der Waals surface area contributed by atoms with Crippen LogP contribution in [0.4, 0.5) is 16.2 Å². The van der Waals surface area contributed by atoms with Crippen LogP contribution in [0.3, 0.4) is 0 Å². The van der Waals surface area contributed by atoms with Crippen molar-refractivity contribution >= 4 is 23.4 Å². The van der Waals surface area contributed by atoms with Gasteiger partial charge in [0.15, 0.2) is 0 Å². The van der Waals surface area contributed by atoms with E-state index in [2.05, 4.69) is 20.2 Å². The van der Waals surface area contributed by atoms with E-state index in [-0.39, 0.29) is 23.6 Å². The van der Waals surface area contributed by atoms with Gasteiger partial charge in [-0.2, -0.15) is 0 Å². The van der Waals surface area contributed by atoms with Crippen molar-refractivity contribution < 1.29 is 14.3 Å². The summed E-state index contributed by atoms with van der Waals surface area (Å²) in [6.07, 6.45) is 13.1. The molecule has 3 aromatic heterocycles. The first-order valence-corrected chi connectivity index (χ1v) is 16.2. The molecule has 12 heteroatoms. The number of hydrogen-bond acceptors (Lipinski definition) is 8. The number of anilines is 2. The monoisotopic (exact) mass is 616 g/mol. The Morgan fingerprint density at radius 3 is 2.58 bits per heavy atom. The molecule has 2 saturated heterocycles. The molecule has 3 aliphatic rings. The zero-order valence-corrected chi connectivity index (χ0v) is 26.8. The van der Waals surface area contributed by atoms with E-state index in [1.807, 2.05) is 44.7 Å². The van der Waals surface area contributed by atoms with E-state index in [1.165, 1.54) is 6.42 Å². The van der Waals surface area contributed by atoms with Gasteiger partial charge in [0.05, 0.1) is 24.1 Å². The van der Waals surface area contributed by atoms with E-state index in [9.17, 15) is 14.4 Å². The van der Waals surface area contributed by atoms with Crippen LogP contribution < -0.4 is 15.4 Å². The van der Waals surface area contributed by atoms with E-state index in [4.69, 9.17) is 4.74 Å². The Labute approximate surface area is 264 Å². The Bertz CT molecular complexity index is 1590. The van der Waals surface area contributed by atoms with E-state index >= 15 is 0 Å². The normalized spacial score (nSPS) is 19.8. The summed E-state index contributed by atoms with van der Waals surface area (Å²) in [5.41, 5.74) is 2.27. The maximum atomic E-state index is 13.4. The SMILES string of the molecule is CC(n1cc(-c2cncc(N3CCCC3=O)c2)nn1)n1ccc(N2CCC[C@@H](N(CC3CCC3)C(=O)OC(C)(C)C)C2)cc1=O. The second-order valence-corrected chi connectivity index (χ2v) is 13.6. The van der Waals surface area contributed by atoms with Crippen LogP contribution in [0.25, 0.3) is 11.3 Å². The van der Waals surface area contributed by atoms with Gasteiger partial charge in [-0.05, 0) is 77.8 Å². The number of ether oxygens (including phenoxy) is 1. The molecule has 0 bridgehead atoms. The van der Waals surface area contributed by atoms with Crippen molar-refractivity contribution in [3.05, 3.63) is 53.3 Å². The molecule has 0 radical (unpaired) electrons. The van der Waals surface area contributed by atoms with Gasteiger partial charge < -0.3 is 19.4 Å². The lowest BCUT2D eigenvalue weighted by Crippen LogP contribution is -2.53. The zero-order chi connectivity index (χ0) is 31.7. The van der Waals surface area contributed by atoms with Crippen LogP contribution >= 0.6 is 0 Å². The lowest BCUT2D eigenvalue weighted by molar-refractivity contribution is -0.117. The van der Waals surface area contributed by atoms with Gasteiger partial charge in [-0.3, -0.25) is 19.1 Å². The summed E-state index contributed by atoms with van der Waals surface area (Å²) in [5, 5.41) is 8.65. The van der Waals surface area contributed by atoms with Gasteiger partial charge in [-0.1, -0.05) is 11.6 Å². The Morgan fingerprint density at radius 2 is 1.89 bits per heavy atom. The number of piperidine rings is 1. The molecule has 1 saturated carbocycles. The van der Waals surface area contributed by atoms with Crippen molar-refractivity contribution in [3.63, 3.8) is 0 Å². The van der Waals surface area contributed by atoms with Crippen molar-refractivity contribution in [2.24, 2.45) is 5.92 Å². The summed E-state index contributed by atoms with van der Waals surface area (Å²) >= 11 is 0. The Kier molecular flexibility index (Phi) is 8.65. The lowest BCUT2D eigenvalue weighted by atomic mass is 9.84. The highest BCUT2D eigenvalue weighted by Crippen LogP contribution is 2.31. The fourth-order valence-corrected chi connectivity index (χ4v) is 6.43. The topological polar surface area (TPSA) is 119 Å². The Morgan fingerprint density at radius 1 is 1.07 bits per heavy atom. The molecule has 3 fully saturated rings. The average molecular weight is 617 g/mol. The molecule has 0 aromatic carbocycles. The van der Waals surface area contributed by atoms with E-state index in [0.717, 1.165) is 62.1 Å². The number of amides is 2. The third kappa shape index (κ3) is 6.89. The van der Waals surface area contributed by atoms with Gasteiger partial charge in [-0.15, -0.1) is 5.10 Å². The lowest BCUT2D eigenvalue weighted by Gasteiger charge is -2.43. The maximum absolute atomic E-state index is 13.4. The third-order valence-electron chi connectivity index (χ3n) is 9.14. The van der Waals surface area contributed by atoms with Crippen molar-refractivity contribution in [2.45, 2.75) is 90.4 Å². The number of hydrogen-bond donors (Lipinski definition) is 0. The van der Waals surface area contributed by atoms with Crippen LogP contribution in [-0.4, -0.2) is 79.3 Å². The van der Waals surface area contributed by atoms with Crippen molar-refractivity contribution in [3.8, 4) is 11.3 Å². The van der Waals surface area contributed by atoms with Crippen LogP contribution in [0, 0.1) is 5.92 Å². The fourth-order valence-electron chi connectivity index (χ4n) is 6.43. The molecule has 2 atom stereocenters. The van der Waals surface area contributed by atoms with Crippen LogP contribution in [0.5, 0.6) is 0 Å². The van der Waals surface area contributed by atoms with Crippen molar-refractivity contribution in [2.75, 3.05) is 36.0 Å². The van der Waals surface area contributed by atoms with Gasteiger partial charge in [0, 0.05) is 62.3 Å². The summed E-state index contributed by atoms with van der Waals surface area (Å²) in [5.74, 6) is 0.633. The summed E-state index contributed by atoms with van der Waals surface area (Å²) in [6.45, 7) is 10.5. The van der Waals surface area contributed by atoms with Crippen LogP contribution in [-0.2, 0) is 9.53 Å². The molecule has 0 N–H and O–H groups in total. The first-order valence-electron chi connectivity index (χ1n) is 16.2. The van der Waals surface area contributed by atoms with Gasteiger partial charge >= 0.3 is 6.09 Å². The van der Waals surface area contributed by atoms with Gasteiger partial charge in [0.1, 0.15) is 17.5 Å². The van der Waals surface area contributed by atoms with Gasteiger partial charge in [0.2, 0.25) is 5.91 Å². The number of aromatic nitrogens is 5. The number of nitrogens with zero attached hydrogens (tertiary/aromatic N) is 8. The first kappa shape index (κ1) is 30.8. The largest absolute Gasteiger partial charge is 0.444 e. The average Bonchev–Trinajstić information content (AvgIpc) is 3.65. The smallest absolute Gasteiger partial charge is 0.410 e. The molecule has 0 spiro atoms. The minimum absolute atomic E-state index is 0.0284. The molecule has 45 heavy (non-hydrogen) atoms. The van der Waals surface area contributed by atoms with E-state index in [0.29, 0.717) is 31.1 Å². The molecule has 2 amide bonds. The molecular formula is C33H44N8O4. The number of carbonyl (C=O) groups is 2. The maximum Gasteiger partial charge on any atom is 0.410 e. The predicted octanol–water partition coefficient (Wildman–Crippen LogP) is 4.70. The summed E-state index contributed by atoms with van der Waals surface area (Å²) in [7, 11) is 0. The van der Waals surface area contributed by atoms with Crippen molar-refractivity contribution in [1.82, 2.24) is 29.4 Å². The van der Waals surface area contributed by atoms with E-state index in [1.54, 1.807) is 45.0 Å². The van der Waals surface area contributed by atoms with Crippen LogP contribution in [0.1, 0.15) is 78.8 Å². The number of carbonyl (C=O) groups excluding carboxylic acids is 2. The first-order chi connectivity index (χ1) is 21.6. The predicted molar refractivity (Wildman–Crippen MR) is 171 cm³/mol. The quantitative estimate of drug-likeness (QED) is 0.357. The molecule has 240 valence electrons. The highest BCUT2D eigenvalue weighted by Gasteiger charge is 2.35. The second-order valence-electron chi connectivity index (χ2n) is 13.6. The molecule has 2 aliphatic heterocycles. The Balaban J connectivity index is 1.15. The molecule has 1 unspecified atom stereocenters. The van der Waals surface area contributed by atoms with Crippen LogP contribution in [0.2, 0.25) is 0 Å². The van der Waals surface area contributed by atoms with Crippen LogP contribution in [0.15, 0.2) is 47.8 Å². The minimum atomic E-state index is -0.551. The second kappa shape index (κ2) is 12.6. The zero-order valence-electron chi connectivity index (χ0n) is 26.8. The highest BCUT2D eigenvalue weighted by molar-refractivity contribution is 5.95. The molecule has 3 aromatic rings. The van der Waals surface area contributed by atoms with E-state index < -0.39 is 11.8 Å². The molecule has 12 nitrogen and oxygen atoms in total. The molecule has 5 heterocycles. The fraction of sp³-hybridized carbons (Fsp3) is 0.576. The highest BCUT2D eigenvalue weighted by atomic mass is 16.6.